The maximum absolute atomic E-state index is 15.0. The minimum Gasteiger partial charge on any atom is -0.489 e. The Morgan fingerprint density at radius 1 is 1.03 bits per heavy atom. The average molecular weight is 437 g/mol. The van der Waals surface area contributed by atoms with Crippen LogP contribution in [0.2, 0.25) is 0 Å². The lowest BCUT2D eigenvalue weighted by Crippen LogP contribution is -2.41. The Kier molecular flexibility index (Phi) is 6.81. The highest BCUT2D eigenvalue weighted by atomic mass is 19.1. The first kappa shape index (κ1) is 22.0. The molecular formula is C26H25F2NO3. The zero-order valence-electron chi connectivity index (χ0n) is 17.6. The highest BCUT2D eigenvalue weighted by Gasteiger charge is 2.34. The van der Waals surface area contributed by atoms with Crippen molar-refractivity contribution in [1.82, 2.24) is 4.90 Å². The van der Waals surface area contributed by atoms with Crippen molar-refractivity contribution in [2.75, 3.05) is 13.1 Å². The van der Waals surface area contributed by atoms with E-state index in [1.54, 1.807) is 0 Å². The number of carbonyl (C=O) groups is 1. The second kappa shape index (κ2) is 9.92. The Morgan fingerprint density at radius 3 is 2.53 bits per heavy atom. The number of hydrogen-bond acceptors (Lipinski definition) is 3. The lowest BCUT2D eigenvalue weighted by atomic mass is 9.90. The molecule has 1 aliphatic rings. The molecule has 0 amide bonds. The molecule has 0 spiro atoms. The van der Waals surface area contributed by atoms with Gasteiger partial charge in [-0.3, -0.25) is 9.69 Å². The molecule has 3 aromatic carbocycles. The zero-order valence-corrected chi connectivity index (χ0v) is 17.6. The second-order valence-corrected chi connectivity index (χ2v) is 8.05. The first-order chi connectivity index (χ1) is 15.5. The third-order valence-electron chi connectivity index (χ3n) is 5.88. The standard InChI is InChI=1S/C26H25F2NO3/c27-20-12-13-21(23(28)15-20)25(29-14-6-9-19(16-29)26(30)31)22-10-4-5-11-24(22)32-17-18-7-2-1-3-8-18/h1-5,7-8,10-13,15,19,25H,6,9,14,16-17H2,(H,30,31). The van der Waals surface area contributed by atoms with E-state index in [2.05, 4.69) is 0 Å². The summed E-state index contributed by atoms with van der Waals surface area (Å²) in [5, 5.41) is 9.56. The van der Waals surface area contributed by atoms with E-state index in [9.17, 15) is 18.7 Å². The monoisotopic (exact) mass is 437 g/mol. The van der Waals surface area contributed by atoms with Gasteiger partial charge in [-0.05, 0) is 37.1 Å². The van der Waals surface area contributed by atoms with Gasteiger partial charge in [0.1, 0.15) is 24.0 Å². The fraction of sp³-hybridized carbons (Fsp3) is 0.269. The number of rotatable bonds is 7. The topological polar surface area (TPSA) is 49.8 Å². The zero-order chi connectivity index (χ0) is 22.5. The molecule has 0 radical (unpaired) electrons. The number of para-hydroxylation sites is 1. The molecule has 0 aromatic heterocycles. The number of carboxylic acids is 1. The van der Waals surface area contributed by atoms with Crippen LogP contribution in [0.4, 0.5) is 8.78 Å². The van der Waals surface area contributed by atoms with Crippen LogP contribution in [0.25, 0.3) is 0 Å². The van der Waals surface area contributed by atoms with Gasteiger partial charge in [0.25, 0.3) is 0 Å². The van der Waals surface area contributed by atoms with Gasteiger partial charge >= 0.3 is 5.97 Å². The third kappa shape index (κ3) is 4.97. The van der Waals surface area contributed by atoms with E-state index in [0.717, 1.165) is 17.2 Å². The number of carboxylic acid groups (broad SMARTS) is 1. The SMILES string of the molecule is O=C(O)C1CCCN(C(c2ccc(F)cc2F)c2ccccc2OCc2ccccc2)C1. The van der Waals surface area contributed by atoms with Gasteiger partial charge in [0, 0.05) is 23.7 Å². The van der Waals surface area contributed by atoms with Crippen molar-refractivity contribution in [1.29, 1.82) is 0 Å². The molecule has 0 saturated carbocycles. The molecule has 4 rings (SSSR count). The largest absolute Gasteiger partial charge is 0.489 e. The van der Waals surface area contributed by atoms with Crippen LogP contribution in [-0.4, -0.2) is 29.1 Å². The number of benzene rings is 3. The molecular weight excluding hydrogens is 412 g/mol. The highest BCUT2D eigenvalue weighted by molar-refractivity contribution is 5.70. The third-order valence-corrected chi connectivity index (χ3v) is 5.88. The van der Waals surface area contributed by atoms with Crippen LogP contribution >= 0.6 is 0 Å². The summed E-state index contributed by atoms with van der Waals surface area (Å²) < 4.78 is 34.7. The molecule has 3 aromatic rings. The van der Waals surface area contributed by atoms with Crippen LogP contribution < -0.4 is 4.74 Å². The Balaban J connectivity index is 1.72. The van der Waals surface area contributed by atoms with Crippen LogP contribution in [0.3, 0.4) is 0 Å². The molecule has 0 bridgehead atoms. The van der Waals surface area contributed by atoms with Gasteiger partial charge in [-0.15, -0.1) is 0 Å². The van der Waals surface area contributed by atoms with Crippen molar-refractivity contribution in [2.24, 2.45) is 5.92 Å². The maximum Gasteiger partial charge on any atom is 0.307 e. The van der Waals surface area contributed by atoms with E-state index < -0.39 is 29.6 Å². The molecule has 1 saturated heterocycles. The number of halogens is 2. The average Bonchev–Trinajstić information content (AvgIpc) is 2.81. The Labute approximate surface area is 186 Å². The molecule has 32 heavy (non-hydrogen) atoms. The molecule has 1 N–H and O–H groups in total. The number of likely N-dealkylation sites (tertiary alicyclic amines) is 1. The summed E-state index contributed by atoms with van der Waals surface area (Å²) in [5.41, 5.74) is 2.02. The fourth-order valence-electron chi connectivity index (χ4n) is 4.30. The number of aliphatic carboxylic acids is 1. The molecule has 4 nitrogen and oxygen atoms in total. The van der Waals surface area contributed by atoms with E-state index in [0.29, 0.717) is 37.3 Å². The van der Waals surface area contributed by atoms with Crippen LogP contribution in [0.15, 0.2) is 72.8 Å². The minimum absolute atomic E-state index is 0.282. The molecule has 2 atom stereocenters. The summed E-state index contributed by atoms with van der Waals surface area (Å²) in [5.74, 6) is -2.12. The molecule has 1 heterocycles. The molecule has 6 heteroatoms. The van der Waals surface area contributed by atoms with Crippen molar-refractivity contribution >= 4 is 5.97 Å². The summed E-state index contributed by atoms with van der Waals surface area (Å²) in [6.07, 6.45) is 1.26. The van der Waals surface area contributed by atoms with Gasteiger partial charge in [0.15, 0.2) is 0 Å². The predicted octanol–water partition coefficient (Wildman–Crippen LogP) is 5.43. The predicted molar refractivity (Wildman–Crippen MR) is 117 cm³/mol. The number of hydrogen-bond donors (Lipinski definition) is 1. The molecule has 166 valence electrons. The minimum atomic E-state index is -0.860. The van der Waals surface area contributed by atoms with Crippen LogP contribution in [0, 0.1) is 17.6 Å². The highest BCUT2D eigenvalue weighted by Crippen LogP contribution is 2.38. The first-order valence-corrected chi connectivity index (χ1v) is 10.7. The van der Waals surface area contributed by atoms with E-state index in [4.69, 9.17) is 4.74 Å². The fourth-order valence-corrected chi connectivity index (χ4v) is 4.30. The van der Waals surface area contributed by atoms with Gasteiger partial charge in [0.05, 0.1) is 12.0 Å². The van der Waals surface area contributed by atoms with Gasteiger partial charge < -0.3 is 9.84 Å². The first-order valence-electron chi connectivity index (χ1n) is 10.7. The van der Waals surface area contributed by atoms with Gasteiger partial charge in [-0.1, -0.05) is 54.6 Å². The van der Waals surface area contributed by atoms with Crippen LogP contribution in [-0.2, 0) is 11.4 Å². The van der Waals surface area contributed by atoms with Crippen molar-refractivity contribution < 1.29 is 23.4 Å². The van der Waals surface area contributed by atoms with E-state index >= 15 is 0 Å². The van der Waals surface area contributed by atoms with Gasteiger partial charge in [0.2, 0.25) is 0 Å². The smallest absolute Gasteiger partial charge is 0.307 e. The van der Waals surface area contributed by atoms with Crippen molar-refractivity contribution in [3.63, 3.8) is 0 Å². The summed E-state index contributed by atoms with van der Waals surface area (Å²) in [6, 6.07) is 20.0. The van der Waals surface area contributed by atoms with Crippen molar-refractivity contribution in [2.45, 2.75) is 25.5 Å². The Bertz CT molecular complexity index is 1070. The van der Waals surface area contributed by atoms with Gasteiger partial charge in [-0.25, -0.2) is 8.78 Å². The quantitative estimate of drug-likeness (QED) is 0.536. The van der Waals surface area contributed by atoms with E-state index in [1.165, 1.54) is 12.1 Å². The molecule has 0 aliphatic carbocycles. The normalized spacial score (nSPS) is 17.6. The van der Waals surface area contributed by atoms with Gasteiger partial charge in [-0.2, -0.15) is 0 Å². The van der Waals surface area contributed by atoms with Crippen LogP contribution in [0.5, 0.6) is 5.75 Å². The van der Waals surface area contributed by atoms with Crippen LogP contribution in [0.1, 0.15) is 35.6 Å². The van der Waals surface area contributed by atoms with Crippen molar-refractivity contribution in [3.05, 3.63) is 101 Å². The lowest BCUT2D eigenvalue weighted by Gasteiger charge is -2.38. The van der Waals surface area contributed by atoms with Crippen molar-refractivity contribution in [3.8, 4) is 5.75 Å². The summed E-state index contributed by atoms with van der Waals surface area (Å²) >= 11 is 0. The van der Waals surface area contributed by atoms with E-state index in [-0.39, 0.29) is 6.54 Å². The number of nitrogens with zero attached hydrogens (tertiary/aromatic N) is 1. The molecule has 2 unspecified atom stereocenters. The summed E-state index contributed by atoms with van der Waals surface area (Å²) in [6.45, 7) is 1.23. The number of ether oxygens (including phenoxy) is 1. The second-order valence-electron chi connectivity index (χ2n) is 8.05. The summed E-state index contributed by atoms with van der Waals surface area (Å²) in [4.78, 5) is 13.6. The Morgan fingerprint density at radius 2 is 1.78 bits per heavy atom. The van der Waals surface area contributed by atoms with E-state index in [1.807, 2.05) is 59.5 Å². The lowest BCUT2D eigenvalue weighted by molar-refractivity contribution is -0.143. The maximum atomic E-state index is 15.0. The molecule has 1 fully saturated rings. The summed E-state index contributed by atoms with van der Waals surface area (Å²) in [7, 11) is 0. The number of piperidine rings is 1. The Hall–Kier alpha value is -3.25. The molecule has 1 aliphatic heterocycles.